The molecule has 4 aliphatic carbocycles. The molecule has 4 aliphatic heterocycles. The van der Waals surface area contributed by atoms with Crippen molar-refractivity contribution in [3.05, 3.63) is 128 Å². The molecule has 0 saturated carbocycles. The zero-order chi connectivity index (χ0) is 89.2. The summed E-state index contributed by atoms with van der Waals surface area (Å²) in [6.45, 7) is 30.3. The zero-order valence-electron chi connectivity index (χ0n) is 76.3. The molecule has 4 heterocycles. The molecule has 676 valence electrons. The Morgan fingerprint density at radius 1 is 0.395 bits per heavy atom. The summed E-state index contributed by atoms with van der Waals surface area (Å²) < 4.78 is 0. The molecule has 124 heavy (non-hydrogen) atoms. The predicted octanol–water partition coefficient (Wildman–Crippen LogP) is 17.7. The molecule has 0 bridgehead atoms. The Morgan fingerprint density at radius 2 is 0.774 bits per heavy atom. The minimum absolute atomic E-state index is 0.00182. The van der Waals surface area contributed by atoms with Crippen LogP contribution < -0.4 is 41.7 Å². The lowest BCUT2D eigenvalue weighted by atomic mass is 9.77. The number of benzene rings is 2. The average Bonchev–Trinajstić information content (AvgIpc) is 0.797. The standard InChI is InChI=1S/C52H76N6O6.C48H68N6O6/c1-7-11-19-37(9-3)33-53-45(59)21-23-47(61)55-41-31-43(57-25-15-13-16-26-57)35(5)29-39(41)49-51(63)50(52(49)64)40-30-36(6)44(58-27-17-14-18-28-58)32-42(40)56-48(62)24-22-46(60)54-34-38(10-4)20-12-8-2;1-5-9-15-33(7-3)31-49-41(55)21-23-43(57)51-39-29-35(53-25-11-12-26-53)17-19-37(39)45-47(59)46(48(45)60)38-20-18-36(54-27-13-14-28-54)30-40(38)52-44(58)24-22-42(56)50-32-34(8-4)16-10-6-2/h29-32,37-38,63H,7-28,33-34H2,1-6H3,(H,53,59)(H,54,60)(H,55,61);17-20,29-30,33-34,59H,5-16,21-28,31-32H2,1-4H3,(H,49,55)(H,50,56)(H,51,57). The van der Waals surface area contributed by atoms with Crippen LogP contribution in [0.3, 0.4) is 0 Å². The summed E-state index contributed by atoms with van der Waals surface area (Å²) in [4.78, 5) is 151. The van der Waals surface area contributed by atoms with E-state index in [1.807, 2.05) is 56.3 Å². The summed E-state index contributed by atoms with van der Waals surface area (Å²) in [5, 5.41) is 41.6. The van der Waals surface area contributed by atoms with Gasteiger partial charge in [-0.3, -0.25) is 47.9 Å². The van der Waals surface area contributed by atoms with Crippen LogP contribution in [0, 0.1) is 30.6 Å². The van der Waals surface area contributed by atoms with Crippen LogP contribution in [0.4, 0.5) is 22.7 Å². The topological polar surface area (TPSA) is 321 Å². The van der Waals surface area contributed by atoms with E-state index >= 15 is 0 Å². The van der Waals surface area contributed by atoms with Gasteiger partial charge >= 0.3 is 0 Å². The molecule has 24 heteroatoms. The Balaban J connectivity index is 0.000000282. The van der Waals surface area contributed by atoms with Gasteiger partial charge in [0.15, 0.2) is 0 Å². The average molecular weight is 1710 g/mol. The van der Waals surface area contributed by atoms with Crippen LogP contribution in [0.15, 0.2) is 121 Å². The number of aliphatic hydroxyl groups excluding tert-OH is 2. The van der Waals surface area contributed by atoms with Crippen molar-refractivity contribution in [3.8, 4) is 0 Å². The number of aryl methyl sites for hydroxylation is 1. The zero-order valence-corrected chi connectivity index (χ0v) is 76.3. The number of Topliss-reactive ketones (excluding diaryl/α,β-unsaturated/α-hetero) is 2. The summed E-state index contributed by atoms with van der Waals surface area (Å²) >= 11 is 0. The Hall–Kier alpha value is -10.0. The number of ketones is 2. The van der Waals surface area contributed by atoms with Crippen LogP contribution >= 0.6 is 0 Å². The number of aliphatic hydroxyl groups is 2. The molecular weight excluding hydrogens is 1560 g/mol. The van der Waals surface area contributed by atoms with Crippen molar-refractivity contribution in [2.75, 3.05) is 99.0 Å². The van der Waals surface area contributed by atoms with Crippen LogP contribution in [0.25, 0.3) is 11.1 Å². The highest BCUT2D eigenvalue weighted by Gasteiger charge is 2.42. The minimum Gasteiger partial charge on any atom is -0.506 e. The number of likely N-dealkylation sites (tertiary alicyclic amines) is 2. The molecule has 8 N–H and O–H groups in total. The summed E-state index contributed by atoms with van der Waals surface area (Å²) in [6, 6.07) is 9.22. The van der Waals surface area contributed by atoms with E-state index in [1.165, 1.54) is 0 Å². The van der Waals surface area contributed by atoms with Gasteiger partial charge in [0.2, 0.25) is 58.8 Å². The number of carbonyl (C=O) groups excluding carboxylic acids is 10. The number of rotatable bonds is 44. The predicted molar refractivity (Wildman–Crippen MR) is 498 cm³/mol. The first kappa shape index (κ1) is 97.8. The molecule has 2 aromatic rings. The molecule has 4 atom stereocenters. The number of amides is 8. The van der Waals surface area contributed by atoms with E-state index in [1.54, 1.807) is 18.2 Å². The first-order valence-electron chi connectivity index (χ1n) is 47.4. The lowest BCUT2D eigenvalue weighted by Gasteiger charge is -2.34. The quantitative estimate of drug-likeness (QED) is 0.0286. The summed E-state index contributed by atoms with van der Waals surface area (Å²) in [6.07, 6.45) is 36.6. The number of hydrogen-bond donors (Lipinski definition) is 8. The number of unbranched alkanes of at least 4 members (excludes halogenated alkanes) is 4. The second-order valence-corrected chi connectivity index (χ2v) is 35.1. The van der Waals surface area contributed by atoms with E-state index in [-0.39, 0.29) is 132 Å². The van der Waals surface area contributed by atoms with Gasteiger partial charge in [-0.2, -0.15) is 0 Å². The van der Waals surface area contributed by atoms with Crippen LogP contribution in [0.2, 0.25) is 0 Å². The number of carbonyl (C=O) groups is 10. The SMILES string of the molecule is CCCCC(CC)CNC(=O)CCC(=O)N=C1C=C(N2CCCC2)C=CC1=C1C(=O)C(c2ccc(N3CCCC3)cc2NC(=O)CCC(=O)NCC(CC)CCCC)=C1O.CCCCC(CC)CNC(=O)CCC(=O)N=C1C=C(N2CCCCC2)C(C)=CC1=C1C(=O)C(c2cc(C)c(N3CCCCC3)cc2NC(=O)CCC(=O)NCC(CC)CCCC)=C1O. The first-order valence-corrected chi connectivity index (χ1v) is 47.4. The van der Waals surface area contributed by atoms with E-state index in [2.05, 4.69) is 117 Å². The van der Waals surface area contributed by atoms with Crippen LogP contribution in [-0.2, 0) is 47.9 Å². The molecule has 10 rings (SSSR count). The number of hydrogen-bond acceptors (Lipinski definition) is 16. The van der Waals surface area contributed by atoms with Crippen molar-refractivity contribution < 1.29 is 58.2 Å². The van der Waals surface area contributed by atoms with E-state index < -0.39 is 23.4 Å². The number of allylic oxidation sites excluding steroid dienone is 12. The fourth-order valence-electron chi connectivity index (χ4n) is 17.6. The van der Waals surface area contributed by atoms with Gasteiger partial charge in [-0.05, 0) is 199 Å². The van der Waals surface area contributed by atoms with Gasteiger partial charge in [0, 0.05) is 175 Å². The monoisotopic (exact) mass is 1710 g/mol. The summed E-state index contributed by atoms with van der Waals surface area (Å²) in [5.74, 6) is -2.17. The number of anilines is 4. The fraction of sp³-hybridized carbons (Fsp3) is 0.600. The lowest BCUT2D eigenvalue weighted by Crippen LogP contribution is -2.32. The first-order chi connectivity index (χ1) is 59.9. The van der Waals surface area contributed by atoms with Gasteiger partial charge in [-0.15, -0.1) is 0 Å². The van der Waals surface area contributed by atoms with Gasteiger partial charge in [0.1, 0.15) is 11.5 Å². The lowest BCUT2D eigenvalue weighted by molar-refractivity contribution is -0.125. The van der Waals surface area contributed by atoms with Crippen molar-refractivity contribution in [2.45, 2.75) is 288 Å². The molecular formula is C100H144N12O12. The van der Waals surface area contributed by atoms with Crippen molar-refractivity contribution in [1.29, 1.82) is 0 Å². The molecule has 8 amide bonds. The molecule has 8 aliphatic rings. The van der Waals surface area contributed by atoms with Crippen molar-refractivity contribution >= 4 is 104 Å². The van der Waals surface area contributed by atoms with E-state index in [0.29, 0.717) is 83.5 Å². The third kappa shape index (κ3) is 28.0. The van der Waals surface area contributed by atoms with Crippen LogP contribution in [0.5, 0.6) is 0 Å². The Labute approximate surface area is 737 Å². The highest BCUT2D eigenvalue weighted by molar-refractivity contribution is 6.43. The molecule has 4 fully saturated rings. The molecule has 0 aromatic heterocycles. The Kier molecular flexibility index (Phi) is 39.6. The highest BCUT2D eigenvalue weighted by Crippen LogP contribution is 2.47. The number of piperidine rings is 2. The minimum atomic E-state index is -0.489. The van der Waals surface area contributed by atoms with Gasteiger partial charge in [-0.1, -0.05) is 132 Å². The van der Waals surface area contributed by atoms with Crippen molar-refractivity contribution in [3.63, 3.8) is 0 Å². The van der Waals surface area contributed by atoms with Gasteiger partial charge < -0.3 is 61.7 Å². The van der Waals surface area contributed by atoms with Crippen molar-refractivity contribution in [2.24, 2.45) is 33.7 Å². The number of aliphatic imine (C=N–C) groups is 2. The number of nitrogens with zero attached hydrogens (tertiary/aromatic N) is 6. The second kappa shape index (κ2) is 50.2. The normalized spacial score (nSPS) is 19.4. The van der Waals surface area contributed by atoms with E-state index in [4.69, 9.17) is 0 Å². The largest absolute Gasteiger partial charge is 0.506 e. The van der Waals surface area contributed by atoms with E-state index in [0.717, 1.165) is 253 Å². The maximum atomic E-state index is 14.5. The Morgan fingerprint density at radius 3 is 1.21 bits per heavy atom. The maximum Gasteiger partial charge on any atom is 0.246 e. The van der Waals surface area contributed by atoms with Gasteiger partial charge in [0.25, 0.3) is 0 Å². The van der Waals surface area contributed by atoms with Crippen molar-refractivity contribution in [1.82, 2.24) is 31.1 Å². The van der Waals surface area contributed by atoms with Gasteiger partial charge in [-0.25, -0.2) is 9.98 Å². The second-order valence-electron chi connectivity index (χ2n) is 35.1. The summed E-state index contributed by atoms with van der Waals surface area (Å²) in [7, 11) is 0. The molecule has 4 saturated heterocycles. The number of nitrogens with one attached hydrogen (secondary N) is 6. The third-order valence-corrected chi connectivity index (χ3v) is 25.8. The fourth-order valence-corrected chi connectivity index (χ4v) is 17.6. The molecule has 4 unspecified atom stereocenters. The Bertz CT molecular complexity index is 4450. The third-order valence-electron chi connectivity index (χ3n) is 25.8. The summed E-state index contributed by atoms with van der Waals surface area (Å²) in [5.41, 5.74) is 8.41. The van der Waals surface area contributed by atoms with Crippen LogP contribution in [0.1, 0.15) is 297 Å². The highest BCUT2D eigenvalue weighted by atomic mass is 16.3. The maximum absolute atomic E-state index is 14.5. The van der Waals surface area contributed by atoms with Crippen LogP contribution in [-0.4, -0.2) is 169 Å². The van der Waals surface area contributed by atoms with E-state index in [9.17, 15) is 58.2 Å². The smallest absolute Gasteiger partial charge is 0.246 e. The molecule has 0 radical (unpaired) electrons. The molecule has 0 spiro atoms. The molecule has 24 nitrogen and oxygen atoms in total. The van der Waals surface area contributed by atoms with Gasteiger partial charge in [0.05, 0.1) is 45.1 Å². The molecule has 2 aromatic carbocycles.